The zero-order valence-electron chi connectivity index (χ0n) is 15.8. The highest BCUT2D eigenvalue weighted by Gasteiger charge is 2.29. The second-order valence-corrected chi connectivity index (χ2v) is 7.16. The van der Waals surface area contributed by atoms with Gasteiger partial charge >= 0.3 is 0 Å². The highest BCUT2D eigenvalue weighted by molar-refractivity contribution is 6.36. The van der Waals surface area contributed by atoms with Gasteiger partial charge in [-0.15, -0.1) is 0 Å². The van der Waals surface area contributed by atoms with Gasteiger partial charge in [-0.1, -0.05) is 48.3 Å². The van der Waals surface area contributed by atoms with Crippen molar-refractivity contribution in [1.82, 2.24) is 10.2 Å². The number of rotatable bonds is 8. The number of halogens is 3. The first-order valence-electron chi connectivity index (χ1n) is 9.11. The molecular weight excluding hydrogens is 402 g/mol. The van der Waals surface area contributed by atoms with E-state index in [4.69, 9.17) is 23.2 Å². The van der Waals surface area contributed by atoms with Crippen LogP contribution in [-0.2, 0) is 22.6 Å². The fraction of sp³-hybridized carbons (Fsp3) is 0.333. The van der Waals surface area contributed by atoms with Crippen molar-refractivity contribution < 1.29 is 14.0 Å². The molecule has 0 spiro atoms. The van der Waals surface area contributed by atoms with Gasteiger partial charge in [0.2, 0.25) is 11.8 Å². The molecule has 0 bridgehead atoms. The summed E-state index contributed by atoms with van der Waals surface area (Å²) in [7, 11) is 0. The highest BCUT2D eigenvalue weighted by Crippen LogP contribution is 2.26. The Morgan fingerprint density at radius 2 is 1.68 bits per heavy atom. The van der Waals surface area contributed by atoms with Crippen molar-refractivity contribution in [1.29, 1.82) is 0 Å². The minimum atomic E-state index is -0.654. The Morgan fingerprint density at radius 3 is 2.21 bits per heavy atom. The van der Waals surface area contributed by atoms with E-state index in [0.29, 0.717) is 28.6 Å². The zero-order valence-corrected chi connectivity index (χ0v) is 17.4. The number of likely N-dealkylation sites (N-methyl/N-ethyl adjacent to an activating group) is 1. The van der Waals surface area contributed by atoms with Gasteiger partial charge in [-0.3, -0.25) is 9.59 Å². The molecule has 28 heavy (non-hydrogen) atoms. The molecule has 2 aromatic rings. The SMILES string of the molecule is CCNC(=O)[C@@H](CC)N(Cc1ccc(F)cc1)C(=O)Cc1c(Cl)cccc1Cl. The van der Waals surface area contributed by atoms with Crippen molar-refractivity contribution in [2.24, 2.45) is 0 Å². The quantitative estimate of drug-likeness (QED) is 0.671. The molecule has 2 aromatic carbocycles. The smallest absolute Gasteiger partial charge is 0.242 e. The Labute approximate surface area is 174 Å². The number of benzene rings is 2. The van der Waals surface area contributed by atoms with Crippen molar-refractivity contribution >= 4 is 35.0 Å². The second-order valence-electron chi connectivity index (χ2n) is 6.34. The molecule has 0 heterocycles. The molecule has 0 saturated heterocycles. The fourth-order valence-electron chi connectivity index (χ4n) is 2.95. The van der Waals surface area contributed by atoms with Crippen LogP contribution in [0.3, 0.4) is 0 Å². The minimum absolute atomic E-state index is 0.0321. The van der Waals surface area contributed by atoms with Gasteiger partial charge in [0.1, 0.15) is 11.9 Å². The Bertz CT molecular complexity index is 807. The third-order valence-electron chi connectivity index (χ3n) is 4.39. The van der Waals surface area contributed by atoms with Gasteiger partial charge in [-0.05, 0) is 48.7 Å². The summed E-state index contributed by atoms with van der Waals surface area (Å²) in [6.45, 7) is 4.30. The lowest BCUT2D eigenvalue weighted by atomic mass is 10.1. The largest absolute Gasteiger partial charge is 0.355 e. The number of hydrogen-bond acceptors (Lipinski definition) is 2. The fourth-order valence-corrected chi connectivity index (χ4v) is 3.48. The number of nitrogens with zero attached hydrogens (tertiary/aromatic N) is 1. The Hall–Kier alpha value is -2.11. The molecule has 0 aliphatic carbocycles. The summed E-state index contributed by atoms with van der Waals surface area (Å²) >= 11 is 12.4. The maximum atomic E-state index is 13.2. The molecule has 0 fully saturated rings. The van der Waals surface area contributed by atoms with Crippen LogP contribution < -0.4 is 5.32 Å². The molecule has 0 saturated carbocycles. The van der Waals surface area contributed by atoms with Gasteiger partial charge in [0.05, 0.1) is 6.42 Å². The number of nitrogens with one attached hydrogen (secondary N) is 1. The maximum Gasteiger partial charge on any atom is 0.242 e. The van der Waals surface area contributed by atoms with E-state index in [2.05, 4.69) is 5.32 Å². The molecule has 150 valence electrons. The summed E-state index contributed by atoms with van der Waals surface area (Å²) in [5.41, 5.74) is 1.24. The van der Waals surface area contributed by atoms with Gasteiger partial charge in [0.15, 0.2) is 0 Å². The molecular formula is C21H23Cl2FN2O2. The summed E-state index contributed by atoms with van der Waals surface area (Å²) < 4.78 is 13.2. The van der Waals surface area contributed by atoms with E-state index in [1.54, 1.807) is 30.3 Å². The minimum Gasteiger partial charge on any atom is -0.355 e. The van der Waals surface area contributed by atoms with E-state index in [1.165, 1.54) is 17.0 Å². The van der Waals surface area contributed by atoms with E-state index in [9.17, 15) is 14.0 Å². The van der Waals surface area contributed by atoms with Crippen molar-refractivity contribution in [3.05, 3.63) is 69.5 Å². The third kappa shape index (κ3) is 5.69. The monoisotopic (exact) mass is 424 g/mol. The Kier molecular flexibility index (Phi) is 8.27. The molecule has 1 atom stereocenters. The Morgan fingerprint density at radius 1 is 1.07 bits per heavy atom. The summed E-state index contributed by atoms with van der Waals surface area (Å²) in [5, 5.41) is 3.56. The van der Waals surface area contributed by atoms with E-state index in [-0.39, 0.29) is 30.6 Å². The van der Waals surface area contributed by atoms with Gasteiger partial charge in [-0.2, -0.15) is 0 Å². The summed E-state index contributed by atoms with van der Waals surface area (Å²) in [4.78, 5) is 27.2. The van der Waals surface area contributed by atoms with Gasteiger partial charge in [0.25, 0.3) is 0 Å². The van der Waals surface area contributed by atoms with Crippen LogP contribution in [0.4, 0.5) is 4.39 Å². The van der Waals surface area contributed by atoms with Crippen molar-refractivity contribution in [2.45, 2.75) is 39.3 Å². The first-order chi connectivity index (χ1) is 13.4. The standard InChI is InChI=1S/C21H23Cl2FN2O2/c1-3-19(21(28)25-4-2)26(13-14-8-10-15(24)11-9-14)20(27)12-16-17(22)6-5-7-18(16)23/h5-11,19H,3-4,12-13H2,1-2H3,(H,25,28)/t19-/m1/s1. The average molecular weight is 425 g/mol. The predicted octanol–water partition coefficient (Wildman–Crippen LogP) is 4.62. The summed E-state index contributed by atoms with van der Waals surface area (Å²) in [6.07, 6.45) is 0.407. The van der Waals surface area contributed by atoms with E-state index in [1.807, 2.05) is 13.8 Å². The number of carbonyl (C=O) groups is 2. The van der Waals surface area contributed by atoms with Gasteiger partial charge in [-0.25, -0.2) is 4.39 Å². The normalized spacial score (nSPS) is 11.8. The number of amides is 2. The molecule has 4 nitrogen and oxygen atoms in total. The number of carbonyl (C=O) groups excluding carboxylic acids is 2. The highest BCUT2D eigenvalue weighted by atomic mass is 35.5. The first-order valence-corrected chi connectivity index (χ1v) is 9.87. The van der Waals surface area contributed by atoms with E-state index in [0.717, 1.165) is 5.56 Å². The van der Waals surface area contributed by atoms with Crippen molar-refractivity contribution in [2.75, 3.05) is 6.54 Å². The van der Waals surface area contributed by atoms with Gasteiger partial charge < -0.3 is 10.2 Å². The molecule has 0 radical (unpaired) electrons. The molecule has 2 rings (SSSR count). The van der Waals surface area contributed by atoms with Crippen LogP contribution >= 0.6 is 23.2 Å². The van der Waals surface area contributed by atoms with Crippen LogP contribution in [0.25, 0.3) is 0 Å². The van der Waals surface area contributed by atoms with Crippen LogP contribution in [0.2, 0.25) is 10.0 Å². The molecule has 0 unspecified atom stereocenters. The van der Waals surface area contributed by atoms with Crippen LogP contribution in [0.1, 0.15) is 31.4 Å². The lowest BCUT2D eigenvalue weighted by Crippen LogP contribution is -2.49. The van der Waals surface area contributed by atoms with Gasteiger partial charge in [0, 0.05) is 23.1 Å². The molecule has 7 heteroatoms. The van der Waals surface area contributed by atoms with E-state index >= 15 is 0 Å². The Balaban J connectivity index is 2.33. The van der Waals surface area contributed by atoms with Crippen molar-refractivity contribution in [3.8, 4) is 0 Å². The molecule has 0 aliphatic heterocycles. The second kappa shape index (κ2) is 10.4. The predicted molar refractivity (Wildman–Crippen MR) is 110 cm³/mol. The lowest BCUT2D eigenvalue weighted by Gasteiger charge is -2.31. The molecule has 0 aliphatic rings. The lowest BCUT2D eigenvalue weighted by molar-refractivity contribution is -0.140. The first kappa shape index (κ1) is 22.2. The average Bonchev–Trinajstić information content (AvgIpc) is 2.66. The maximum absolute atomic E-state index is 13.2. The van der Waals surface area contributed by atoms with Crippen LogP contribution in [0.15, 0.2) is 42.5 Å². The van der Waals surface area contributed by atoms with Crippen LogP contribution in [0.5, 0.6) is 0 Å². The third-order valence-corrected chi connectivity index (χ3v) is 5.10. The topological polar surface area (TPSA) is 49.4 Å². The molecule has 1 N–H and O–H groups in total. The summed E-state index contributed by atoms with van der Waals surface area (Å²) in [6, 6.07) is 10.2. The molecule has 0 aromatic heterocycles. The summed E-state index contributed by atoms with van der Waals surface area (Å²) in [5.74, 6) is -0.872. The van der Waals surface area contributed by atoms with E-state index < -0.39 is 6.04 Å². The molecule has 2 amide bonds. The number of hydrogen-bond donors (Lipinski definition) is 1. The zero-order chi connectivity index (χ0) is 20.7. The van der Waals surface area contributed by atoms with Crippen LogP contribution in [-0.4, -0.2) is 29.3 Å². The van der Waals surface area contributed by atoms with Crippen molar-refractivity contribution in [3.63, 3.8) is 0 Å². The van der Waals surface area contributed by atoms with Crippen LogP contribution in [0, 0.1) is 5.82 Å².